The number of hydrogen-bond acceptors (Lipinski definition) is 3. The highest BCUT2D eigenvalue weighted by Gasteiger charge is 2.48. The molecule has 0 saturated heterocycles. The molecule has 1 aliphatic carbocycles. The second kappa shape index (κ2) is 6.85. The summed E-state index contributed by atoms with van der Waals surface area (Å²) >= 11 is 0. The van der Waals surface area contributed by atoms with Crippen molar-refractivity contribution >= 4 is 6.09 Å². The number of carbonyl (C=O) groups is 1. The standard InChI is InChI=1S/C15H19F2NO3/c16-15(17)8-12(9-15)13(6-7-19)18-14(20)21-10-11-4-2-1-3-5-11/h1-5,12-13,19H,6-10H2,(H,18,20). The first-order valence-corrected chi connectivity index (χ1v) is 6.96. The van der Waals surface area contributed by atoms with Crippen LogP contribution in [0.4, 0.5) is 13.6 Å². The number of aliphatic hydroxyl groups excluding tert-OH is 1. The molecule has 0 aliphatic heterocycles. The van der Waals surface area contributed by atoms with Crippen LogP contribution in [0.2, 0.25) is 0 Å². The molecule has 21 heavy (non-hydrogen) atoms. The van der Waals surface area contributed by atoms with Gasteiger partial charge in [-0.1, -0.05) is 30.3 Å². The Bertz CT molecular complexity index is 459. The van der Waals surface area contributed by atoms with E-state index in [1.54, 1.807) is 0 Å². The van der Waals surface area contributed by atoms with Gasteiger partial charge in [-0.3, -0.25) is 0 Å². The van der Waals surface area contributed by atoms with Crippen LogP contribution >= 0.6 is 0 Å². The first-order valence-electron chi connectivity index (χ1n) is 6.96. The van der Waals surface area contributed by atoms with Crippen molar-refractivity contribution in [2.24, 2.45) is 5.92 Å². The van der Waals surface area contributed by atoms with Crippen molar-refractivity contribution in [2.75, 3.05) is 6.61 Å². The van der Waals surface area contributed by atoms with Gasteiger partial charge in [-0.15, -0.1) is 0 Å². The molecule has 0 heterocycles. The Labute approximate surface area is 122 Å². The molecule has 1 fully saturated rings. The number of alkyl halides is 2. The van der Waals surface area contributed by atoms with E-state index in [4.69, 9.17) is 9.84 Å². The molecular formula is C15H19F2NO3. The van der Waals surface area contributed by atoms with Gasteiger partial charge in [0.05, 0.1) is 0 Å². The minimum atomic E-state index is -2.64. The summed E-state index contributed by atoms with van der Waals surface area (Å²) in [7, 11) is 0. The monoisotopic (exact) mass is 299 g/mol. The minimum Gasteiger partial charge on any atom is -0.445 e. The number of ether oxygens (including phenoxy) is 1. The van der Waals surface area contributed by atoms with Crippen molar-refractivity contribution in [2.45, 2.75) is 37.8 Å². The van der Waals surface area contributed by atoms with Crippen LogP contribution in [0.1, 0.15) is 24.8 Å². The van der Waals surface area contributed by atoms with Crippen molar-refractivity contribution in [1.29, 1.82) is 0 Å². The van der Waals surface area contributed by atoms with Crippen LogP contribution in [0, 0.1) is 5.92 Å². The van der Waals surface area contributed by atoms with Crippen molar-refractivity contribution < 1.29 is 23.4 Å². The zero-order chi connectivity index (χ0) is 15.3. The van der Waals surface area contributed by atoms with E-state index >= 15 is 0 Å². The van der Waals surface area contributed by atoms with Gasteiger partial charge in [0.2, 0.25) is 5.92 Å². The van der Waals surface area contributed by atoms with Gasteiger partial charge in [0.25, 0.3) is 0 Å². The summed E-state index contributed by atoms with van der Waals surface area (Å²) in [4.78, 5) is 11.7. The maximum atomic E-state index is 12.9. The van der Waals surface area contributed by atoms with Crippen LogP contribution < -0.4 is 5.32 Å². The molecule has 1 aliphatic rings. The number of rotatable bonds is 6. The number of benzene rings is 1. The normalized spacial score (nSPS) is 18.6. The molecule has 0 radical (unpaired) electrons. The molecule has 2 rings (SSSR count). The minimum absolute atomic E-state index is 0.124. The first-order chi connectivity index (χ1) is 10.00. The maximum Gasteiger partial charge on any atom is 0.407 e. The van der Waals surface area contributed by atoms with E-state index in [2.05, 4.69) is 5.32 Å². The lowest BCUT2D eigenvalue weighted by Crippen LogP contribution is -2.50. The van der Waals surface area contributed by atoms with Crippen molar-refractivity contribution in [1.82, 2.24) is 5.32 Å². The van der Waals surface area contributed by atoms with Crippen LogP contribution in [-0.4, -0.2) is 29.8 Å². The molecule has 2 N–H and O–H groups in total. The highest BCUT2D eigenvalue weighted by atomic mass is 19.3. The molecule has 1 saturated carbocycles. The largest absolute Gasteiger partial charge is 0.445 e. The molecule has 1 aromatic rings. The van der Waals surface area contributed by atoms with E-state index in [-0.39, 0.29) is 38.4 Å². The molecule has 0 spiro atoms. The molecule has 116 valence electrons. The first kappa shape index (κ1) is 15.7. The fraction of sp³-hybridized carbons (Fsp3) is 0.533. The summed E-state index contributed by atoms with van der Waals surface area (Å²) in [5, 5.41) is 11.5. The molecule has 1 unspecified atom stereocenters. The van der Waals surface area contributed by atoms with Crippen LogP contribution in [0.3, 0.4) is 0 Å². The average molecular weight is 299 g/mol. The lowest BCUT2D eigenvalue weighted by atomic mass is 9.75. The molecule has 1 amide bonds. The number of nitrogens with one attached hydrogen (secondary N) is 1. The Balaban J connectivity index is 1.79. The quantitative estimate of drug-likeness (QED) is 0.849. The summed E-state index contributed by atoms with van der Waals surface area (Å²) in [6.07, 6.45) is -0.901. The Hall–Kier alpha value is -1.69. The highest BCUT2D eigenvalue weighted by Crippen LogP contribution is 2.44. The number of alkyl carbamates (subject to hydrolysis) is 1. The van der Waals surface area contributed by atoms with Gasteiger partial charge in [0.1, 0.15) is 6.61 Å². The third-order valence-corrected chi connectivity index (χ3v) is 3.65. The lowest BCUT2D eigenvalue weighted by Gasteiger charge is -2.40. The van der Waals surface area contributed by atoms with Crippen LogP contribution in [0.5, 0.6) is 0 Å². The summed E-state index contributed by atoms with van der Waals surface area (Å²) < 4.78 is 30.8. The number of amides is 1. The number of hydrogen-bond donors (Lipinski definition) is 2. The second-order valence-electron chi connectivity index (χ2n) is 5.35. The Morgan fingerprint density at radius 3 is 2.62 bits per heavy atom. The summed E-state index contributed by atoms with van der Waals surface area (Å²) in [6.45, 7) is -0.0367. The smallest absolute Gasteiger partial charge is 0.407 e. The maximum absolute atomic E-state index is 12.9. The van der Waals surface area contributed by atoms with Crippen molar-refractivity contribution in [3.05, 3.63) is 35.9 Å². The number of carbonyl (C=O) groups excluding carboxylic acids is 1. The average Bonchev–Trinajstić information content (AvgIpc) is 2.43. The van der Waals surface area contributed by atoms with Gasteiger partial charge >= 0.3 is 6.09 Å². The summed E-state index contributed by atoms with van der Waals surface area (Å²) in [6, 6.07) is 8.70. The zero-order valence-corrected chi connectivity index (χ0v) is 11.6. The fourth-order valence-corrected chi connectivity index (χ4v) is 2.47. The van der Waals surface area contributed by atoms with Gasteiger partial charge < -0.3 is 15.2 Å². The van der Waals surface area contributed by atoms with Gasteiger partial charge in [-0.05, 0) is 17.9 Å². The summed E-state index contributed by atoms with van der Waals surface area (Å²) in [5.41, 5.74) is 0.849. The van der Waals surface area contributed by atoms with Crippen LogP contribution in [-0.2, 0) is 11.3 Å². The third-order valence-electron chi connectivity index (χ3n) is 3.65. The van der Waals surface area contributed by atoms with E-state index in [9.17, 15) is 13.6 Å². The lowest BCUT2D eigenvalue weighted by molar-refractivity contribution is -0.120. The van der Waals surface area contributed by atoms with E-state index in [1.165, 1.54) is 0 Å². The van der Waals surface area contributed by atoms with Crippen molar-refractivity contribution in [3.8, 4) is 0 Å². The molecule has 0 bridgehead atoms. The SMILES string of the molecule is O=C(NC(CCO)C1CC(F)(F)C1)OCc1ccccc1. The highest BCUT2D eigenvalue weighted by molar-refractivity contribution is 5.67. The Morgan fingerprint density at radius 2 is 2.05 bits per heavy atom. The predicted octanol–water partition coefficient (Wildman–Crippen LogP) is 2.71. The van der Waals surface area contributed by atoms with Gasteiger partial charge in [0, 0.05) is 25.5 Å². The van der Waals surface area contributed by atoms with Crippen molar-refractivity contribution in [3.63, 3.8) is 0 Å². The topological polar surface area (TPSA) is 58.6 Å². The molecule has 0 aromatic heterocycles. The Morgan fingerprint density at radius 1 is 1.38 bits per heavy atom. The number of halogens is 2. The molecule has 1 atom stereocenters. The van der Waals surface area contributed by atoms with E-state index < -0.39 is 18.1 Å². The fourth-order valence-electron chi connectivity index (χ4n) is 2.47. The van der Waals surface area contributed by atoms with E-state index in [0.29, 0.717) is 0 Å². The summed E-state index contributed by atoms with van der Waals surface area (Å²) in [5.74, 6) is -2.95. The Kier molecular flexibility index (Phi) is 5.12. The number of aliphatic hydroxyl groups is 1. The molecule has 6 heteroatoms. The molecule has 4 nitrogen and oxygen atoms in total. The third kappa shape index (κ3) is 4.67. The predicted molar refractivity (Wildman–Crippen MR) is 72.9 cm³/mol. The molecular weight excluding hydrogens is 280 g/mol. The van der Waals surface area contributed by atoms with E-state index in [0.717, 1.165) is 5.56 Å². The van der Waals surface area contributed by atoms with Crippen LogP contribution in [0.25, 0.3) is 0 Å². The van der Waals surface area contributed by atoms with Gasteiger partial charge in [-0.25, -0.2) is 13.6 Å². The van der Waals surface area contributed by atoms with Gasteiger partial charge in [-0.2, -0.15) is 0 Å². The van der Waals surface area contributed by atoms with Gasteiger partial charge in [0.15, 0.2) is 0 Å². The second-order valence-corrected chi connectivity index (χ2v) is 5.35. The molecule has 1 aromatic carbocycles. The van der Waals surface area contributed by atoms with E-state index in [1.807, 2.05) is 30.3 Å². The zero-order valence-electron chi connectivity index (χ0n) is 11.6. The van der Waals surface area contributed by atoms with Crippen LogP contribution in [0.15, 0.2) is 30.3 Å².